The lowest BCUT2D eigenvalue weighted by Crippen LogP contribution is -2.21. The number of amides is 1. The van der Waals surface area contributed by atoms with E-state index in [1.54, 1.807) is 24.3 Å². The first kappa shape index (κ1) is 18.5. The second-order valence-electron chi connectivity index (χ2n) is 5.20. The third kappa shape index (κ3) is 4.61. The van der Waals surface area contributed by atoms with Gasteiger partial charge in [0.15, 0.2) is 6.61 Å². The van der Waals surface area contributed by atoms with Crippen molar-refractivity contribution in [1.82, 2.24) is 0 Å². The Labute approximate surface area is 158 Å². The summed E-state index contributed by atoms with van der Waals surface area (Å²) in [6.07, 6.45) is 0. The van der Waals surface area contributed by atoms with E-state index in [0.717, 1.165) is 14.7 Å². The Hall–Kier alpha value is -1.80. The van der Waals surface area contributed by atoms with Crippen LogP contribution in [0.5, 0.6) is 5.75 Å². The Morgan fingerprint density at radius 1 is 1.21 bits per heavy atom. The molecule has 0 heterocycles. The van der Waals surface area contributed by atoms with Crippen molar-refractivity contribution in [1.29, 1.82) is 0 Å². The monoisotopic (exact) mass is 459 g/mol. The van der Waals surface area contributed by atoms with Gasteiger partial charge < -0.3 is 15.2 Å². The SMILES string of the molecule is Cc1cc(OCC(=O)Nc2ccc(I)cc2C(=O)O)cc(C)c1Cl. The van der Waals surface area contributed by atoms with E-state index in [-0.39, 0.29) is 17.9 Å². The number of carbonyl (C=O) groups excluding carboxylic acids is 1. The van der Waals surface area contributed by atoms with Gasteiger partial charge in [-0.3, -0.25) is 4.79 Å². The Balaban J connectivity index is 2.06. The lowest BCUT2D eigenvalue weighted by molar-refractivity contribution is -0.118. The molecule has 7 heteroatoms. The van der Waals surface area contributed by atoms with Crippen LogP contribution < -0.4 is 10.1 Å². The molecule has 2 rings (SSSR count). The van der Waals surface area contributed by atoms with Crippen molar-refractivity contribution in [3.63, 3.8) is 0 Å². The number of carbonyl (C=O) groups is 2. The van der Waals surface area contributed by atoms with Gasteiger partial charge in [0.1, 0.15) is 5.75 Å². The summed E-state index contributed by atoms with van der Waals surface area (Å²) in [5.74, 6) is -1.01. The summed E-state index contributed by atoms with van der Waals surface area (Å²) in [5.41, 5.74) is 1.99. The molecule has 5 nitrogen and oxygen atoms in total. The highest BCUT2D eigenvalue weighted by molar-refractivity contribution is 14.1. The second kappa shape index (κ2) is 7.85. The Bertz CT molecular complexity index is 784. The maximum atomic E-state index is 12.0. The third-order valence-corrected chi connectivity index (χ3v) is 4.53. The molecule has 24 heavy (non-hydrogen) atoms. The highest BCUT2D eigenvalue weighted by Crippen LogP contribution is 2.26. The van der Waals surface area contributed by atoms with Crippen molar-refractivity contribution in [2.75, 3.05) is 11.9 Å². The van der Waals surface area contributed by atoms with E-state index in [1.165, 1.54) is 6.07 Å². The van der Waals surface area contributed by atoms with Crippen LogP contribution in [0.25, 0.3) is 0 Å². The van der Waals surface area contributed by atoms with Gasteiger partial charge >= 0.3 is 5.97 Å². The molecule has 0 radical (unpaired) electrons. The zero-order valence-electron chi connectivity index (χ0n) is 13.0. The van der Waals surface area contributed by atoms with E-state index in [0.29, 0.717) is 10.8 Å². The van der Waals surface area contributed by atoms with Gasteiger partial charge in [-0.1, -0.05) is 11.6 Å². The van der Waals surface area contributed by atoms with Crippen LogP contribution in [0.2, 0.25) is 5.02 Å². The first-order chi connectivity index (χ1) is 11.3. The number of carboxylic acids is 1. The molecule has 0 aromatic heterocycles. The van der Waals surface area contributed by atoms with E-state index in [4.69, 9.17) is 16.3 Å². The van der Waals surface area contributed by atoms with Gasteiger partial charge in [0.25, 0.3) is 5.91 Å². The number of carboxylic acid groups (broad SMARTS) is 1. The molecule has 2 aromatic rings. The predicted molar refractivity (Wildman–Crippen MR) is 101 cm³/mol. The molecule has 0 saturated heterocycles. The minimum atomic E-state index is -1.10. The molecule has 0 fully saturated rings. The summed E-state index contributed by atoms with van der Waals surface area (Å²) < 4.78 is 6.23. The van der Waals surface area contributed by atoms with Crippen molar-refractivity contribution < 1.29 is 19.4 Å². The van der Waals surface area contributed by atoms with Crippen LogP contribution in [0.1, 0.15) is 21.5 Å². The zero-order valence-corrected chi connectivity index (χ0v) is 15.9. The number of rotatable bonds is 5. The minimum absolute atomic E-state index is 0.0356. The molecule has 0 aliphatic rings. The first-order valence-electron chi connectivity index (χ1n) is 7.00. The smallest absolute Gasteiger partial charge is 0.337 e. The van der Waals surface area contributed by atoms with Crippen LogP contribution in [0.15, 0.2) is 30.3 Å². The average Bonchev–Trinajstić information content (AvgIpc) is 2.52. The number of benzene rings is 2. The van der Waals surface area contributed by atoms with E-state index in [9.17, 15) is 14.7 Å². The maximum absolute atomic E-state index is 12.0. The molecule has 2 N–H and O–H groups in total. The van der Waals surface area contributed by atoms with Gasteiger partial charge in [-0.15, -0.1) is 0 Å². The molecule has 1 amide bonds. The van der Waals surface area contributed by atoms with Crippen molar-refractivity contribution >= 4 is 51.8 Å². The molecular formula is C17H15ClINO4. The molecule has 0 atom stereocenters. The maximum Gasteiger partial charge on any atom is 0.337 e. The van der Waals surface area contributed by atoms with E-state index in [2.05, 4.69) is 5.32 Å². The number of hydrogen-bond donors (Lipinski definition) is 2. The van der Waals surface area contributed by atoms with Gasteiger partial charge in [-0.2, -0.15) is 0 Å². The topological polar surface area (TPSA) is 75.6 Å². The molecular weight excluding hydrogens is 445 g/mol. The molecule has 0 bridgehead atoms. The Kier molecular flexibility index (Phi) is 6.06. The molecule has 0 unspecified atom stereocenters. The molecule has 0 aliphatic heterocycles. The highest BCUT2D eigenvalue weighted by atomic mass is 127. The highest BCUT2D eigenvalue weighted by Gasteiger charge is 2.13. The Morgan fingerprint density at radius 3 is 2.42 bits per heavy atom. The van der Waals surface area contributed by atoms with Crippen LogP contribution in [-0.2, 0) is 4.79 Å². The van der Waals surface area contributed by atoms with Crippen LogP contribution in [0.4, 0.5) is 5.69 Å². The van der Waals surface area contributed by atoms with Gasteiger partial charge in [-0.25, -0.2) is 4.79 Å². The summed E-state index contributed by atoms with van der Waals surface area (Å²) in [5, 5.41) is 12.4. The van der Waals surface area contributed by atoms with Crippen molar-refractivity contribution in [3.05, 3.63) is 55.6 Å². The van der Waals surface area contributed by atoms with Crippen molar-refractivity contribution in [3.8, 4) is 5.75 Å². The van der Waals surface area contributed by atoms with Gasteiger partial charge in [0, 0.05) is 8.59 Å². The molecule has 126 valence electrons. The third-order valence-electron chi connectivity index (χ3n) is 3.27. The van der Waals surface area contributed by atoms with Crippen LogP contribution in [0, 0.1) is 17.4 Å². The van der Waals surface area contributed by atoms with E-state index < -0.39 is 11.9 Å². The fourth-order valence-electron chi connectivity index (χ4n) is 2.13. The number of nitrogens with one attached hydrogen (secondary N) is 1. The average molecular weight is 460 g/mol. The molecule has 0 saturated carbocycles. The lowest BCUT2D eigenvalue weighted by atomic mass is 10.1. The molecule has 0 aliphatic carbocycles. The van der Waals surface area contributed by atoms with Gasteiger partial charge in [-0.05, 0) is 77.9 Å². The normalized spacial score (nSPS) is 10.3. The summed E-state index contributed by atoms with van der Waals surface area (Å²) in [6.45, 7) is 3.48. The van der Waals surface area contributed by atoms with Crippen LogP contribution >= 0.6 is 34.2 Å². The Morgan fingerprint density at radius 2 is 1.83 bits per heavy atom. The summed E-state index contributed by atoms with van der Waals surface area (Å²) in [6, 6.07) is 8.26. The number of hydrogen-bond acceptors (Lipinski definition) is 3. The predicted octanol–water partition coefficient (Wildman–Crippen LogP) is 4.28. The van der Waals surface area contributed by atoms with E-state index in [1.807, 2.05) is 36.4 Å². The van der Waals surface area contributed by atoms with Gasteiger partial charge in [0.05, 0.1) is 11.3 Å². The molecule has 2 aromatic carbocycles. The summed E-state index contributed by atoms with van der Waals surface area (Å²) in [4.78, 5) is 23.3. The zero-order chi connectivity index (χ0) is 17.9. The second-order valence-corrected chi connectivity index (χ2v) is 6.83. The number of aromatic carboxylic acids is 1. The fraction of sp³-hybridized carbons (Fsp3) is 0.176. The number of ether oxygens (including phenoxy) is 1. The minimum Gasteiger partial charge on any atom is -0.484 e. The summed E-state index contributed by atoms with van der Waals surface area (Å²) >= 11 is 8.10. The largest absolute Gasteiger partial charge is 0.484 e. The van der Waals surface area contributed by atoms with Crippen LogP contribution in [0.3, 0.4) is 0 Å². The van der Waals surface area contributed by atoms with Crippen molar-refractivity contribution in [2.45, 2.75) is 13.8 Å². The van der Waals surface area contributed by atoms with E-state index >= 15 is 0 Å². The number of halogens is 2. The lowest BCUT2D eigenvalue weighted by Gasteiger charge is -2.11. The fourth-order valence-corrected chi connectivity index (χ4v) is 2.73. The quantitative estimate of drug-likeness (QED) is 0.655. The summed E-state index contributed by atoms with van der Waals surface area (Å²) in [7, 11) is 0. The molecule has 0 spiro atoms. The van der Waals surface area contributed by atoms with Crippen molar-refractivity contribution in [2.24, 2.45) is 0 Å². The first-order valence-corrected chi connectivity index (χ1v) is 8.46. The van der Waals surface area contributed by atoms with Gasteiger partial charge in [0.2, 0.25) is 0 Å². The van der Waals surface area contributed by atoms with Crippen LogP contribution in [-0.4, -0.2) is 23.6 Å². The number of aryl methyl sites for hydroxylation is 2. The standard InChI is InChI=1S/C17H15ClINO4/c1-9-5-12(6-10(2)16(9)18)24-8-15(21)20-14-4-3-11(19)7-13(14)17(22)23/h3-7H,8H2,1-2H3,(H,20,21)(H,22,23). The number of anilines is 1.